The van der Waals surface area contributed by atoms with Gasteiger partial charge in [-0.05, 0) is 30.5 Å². The maximum absolute atomic E-state index is 12.1. The van der Waals surface area contributed by atoms with Gasteiger partial charge in [-0.1, -0.05) is 35.8 Å². The number of rotatable bonds is 4. The maximum atomic E-state index is 12.1. The van der Waals surface area contributed by atoms with Crippen LogP contribution in [0.5, 0.6) is 0 Å². The first-order valence-corrected chi connectivity index (χ1v) is 6.91. The number of benzene rings is 1. The number of halogens is 2. The van der Waals surface area contributed by atoms with E-state index in [1.807, 2.05) is 39.0 Å². The Morgan fingerprint density at radius 1 is 1.47 bits per heavy atom. The van der Waals surface area contributed by atoms with Gasteiger partial charge in [-0.2, -0.15) is 0 Å². The Balaban J connectivity index is 2.86. The molecule has 4 heteroatoms. The molecule has 1 N–H and O–H groups in total. The molecule has 17 heavy (non-hydrogen) atoms. The van der Waals surface area contributed by atoms with Crippen LogP contribution >= 0.6 is 27.5 Å². The lowest BCUT2D eigenvalue weighted by atomic mass is 10.0. The first-order chi connectivity index (χ1) is 7.95. The van der Waals surface area contributed by atoms with E-state index in [1.165, 1.54) is 0 Å². The molecule has 1 unspecified atom stereocenters. The number of nitrogens with one attached hydrogen (secondary N) is 1. The van der Waals surface area contributed by atoms with Crippen LogP contribution in [0.2, 0.25) is 0 Å². The third-order valence-electron chi connectivity index (χ3n) is 2.73. The topological polar surface area (TPSA) is 29.1 Å². The third-order valence-corrected chi connectivity index (χ3v) is 3.56. The Morgan fingerprint density at radius 3 is 2.65 bits per heavy atom. The molecule has 0 aliphatic heterocycles. The fourth-order valence-electron chi connectivity index (χ4n) is 1.47. The van der Waals surface area contributed by atoms with E-state index < -0.39 is 0 Å². The minimum absolute atomic E-state index is 0.00236. The molecule has 1 amide bonds. The zero-order valence-corrected chi connectivity index (χ0v) is 12.6. The number of hydrogen-bond donors (Lipinski definition) is 1. The zero-order chi connectivity index (χ0) is 13.0. The SMILES string of the molecule is Cc1ccc(Br)cc1C(=O)NC(CCl)C(C)C. The summed E-state index contributed by atoms with van der Waals surface area (Å²) in [5.74, 6) is 0.684. The molecule has 0 aliphatic rings. The molecule has 0 heterocycles. The van der Waals surface area contributed by atoms with E-state index >= 15 is 0 Å². The van der Waals surface area contributed by atoms with Gasteiger partial charge in [-0.3, -0.25) is 4.79 Å². The maximum Gasteiger partial charge on any atom is 0.251 e. The second kappa shape index (κ2) is 6.41. The van der Waals surface area contributed by atoms with Crippen molar-refractivity contribution in [2.45, 2.75) is 26.8 Å². The van der Waals surface area contributed by atoms with Crippen molar-refractivity contribution in [1.82, 2.24) is 5.32 Å². The molecule has 0 aromatic heterocycles. The van der Waals surface area contributed by atoms with E-state index in [-0.39, 0.29) is 11.9 Å². The molecule has 1 aromatic rings. The van der Waals surface area contributed by atoms with Crippen molar-refractivity contribution in [3.05, 3.63) is 33.8 Å². The second-order valence-electron chi connectivity index (χ2n) is 4.44. The molecule has 0 bridgehead atoms. The van der Waals surface area contributed by atoms with Crippen LogP contribution in [-0.2, 0) is 0 Å². The lowest BCUT2D eigenvalue weighted by Crippen LogP contribution is -2.40. The van der Waals surface area contributed by atoms with Crippen molar-refractivity contribution in [3.8, 4) is 0 Å². The second-order valence-corrected chi connectivity index (χ2v) is 5.66. The summed E-state index contributed by atoms with van der Waals surface area (Å²) in [7, 11) is 0. The minimum Gasteiger partial charge on any atom is -0.348 e. The number of carbonyl (C=O) groups is 1. The summed E-state index contributed by atoms with van der Waals surface area (Å²) in [5.41, 5.74) is 1.65. The van der Waals surface area contributed by atoms with Gasteiger partial charge in [0.1, 0.15) is 0 Å². The molecule has 2 nitrogen and oxygen atoms in total. The van der Waals surface area contributed by atoms with E-state index in [9.17, 15) is 4.79 Å². The molecule has 0 aliphatic carbocycles. The van der Waals surface area contributed by atoms with Gasteiger partial charge in [0.2, 0.25) is 0 Å². The number of hydrogen-bond acceptors (Lipinski definition) is 1. The highest BCUT2D eigenvalue weighted by Crippen LogP contribution is 2.16. The highest BCUT2D eigenvalue weighted by Gasteiger charge is 2.17. The summed E-state index contributed by atoms with van der Waals surface area (Å²) < 4.78 is 0.903. The predicted molar refractivity (Wildman–Crippen MR) is 75.7 cm³/mol. The summed E-state index contributed by atoms with van der Waals surface area (Å²) >= 11 is 9.21. The van der Waals surface area contributed by atoms with Crippen LogP contribution in [-0.4, -0.2) is 17.8 Å². The van der Waals surface area contributed by atoms with Crippen molar-refractivity contribution in [1.29, 1.82) is 0 Å². The molecule has 1 atom stereocenters. The third kappa shape index (κ3) is 4.00. The Kier molecular flexibility index (Phi) is 5.47. The number of carbonyl (C=O) groups excluding carboxylic acids is 1. The van der Waals surface area contributed by atoms with Gasteiger partial charge in [-0.15, -0.1) is 11.6 Å². The van der Waals surface area contributed by atoms with Crippen LogP contribution in [0.25, 0.3) is 0 Å². The average molecular weight is 319 g/mol. The number of amides is 1. The molecule has 0 spiro atoms. The molecule has 94 valence electrons. The number of aryl methyl sites for hydroxylation is 1. The highest BCUT2D eigenvalue weighted by molar-refractivity contribution is 9.10. The van der Waals surface area contributed by atoms with E-state index in [0.29, 0.717) is 17.4 Å². The Hall–Kier alpha value is -0.540. The molecule has 1 aromatic carbocycles. The predicted octanol–water partition coefficient (Wildman–Crippen LogP) is 3.75. The summed E-state index contributed by atoms with van der Waals surface area (Å²) in [6.07, 6.45) is 0. The van der Waals surface area contributed by atoms with E-state index in [1.54, 1.807) is 0 Å². The van der Waals surface area contributed by atoms with Gasteiger partial charge in [0.25, 0.3) is 5.91 Å². The minimum atomic E-state index is -0.0665. The molecule has 0 fully saturated rings. The molecule has 0 radical (unpaired) electrons. The largest absolute Gasteiger partial charge is 0.348 e. The molecule has 0 saturated carbocycles. The Bertz CT molecular complexity index is 406. The average Bonchev–Trinajstić information content (AvgIpc) is 2.28. The lowest BCUT2D eigenvalue weighted by molar-refractivity contribution is 0.0930. The van der Waals surface area contributed by atoms with Crippen LogP contribution in [0.1, 0.15) is 29.8 Å². The highest BCUT2D eigenvalue weighted by atomic mass is 79.9. The van der Waals surface area contributed by atoms with Crippen LogP contribution in [0.3, 0.4) is 0 Å². The van der Waals surface area contributed by atoms with Crippen LogP contribution < -0.4 is 5.32 Å². The normalized spacial score (nSPS) is 12.6. The molecular formula is C13H17BrClNO. The molecule has 1 rings (SSSR count). The van der Waals surface area contributed by atoms with Crippen molar-refractivity contribution in [3.63, 3.8) is 0 Å². The van der Waals surface area contributed by atoms with E-state index in [2.05, 4.69) is 21.2 Å². The van der Waals surface area contributed by atoms with Gasteiger partial charge in [0, 0.05) is 22.0 Å². The number of alkyl halides is 1. The summed E-state index contributed by atoms with van der Waals surface area (Å²) in [5, 5.41) is 2.96. The van der Waals surface area contributed by atoms with Gasteiger partial charge in [0.15, 0.2) is 0 Å². The first kappa shape index (κ1) is 14.5. The van der Waals surface area contributed by atoms with Crippen molar-refractivity contribution in [2.24, 2.45) is 5.92 Å². The van der Waals surface area contributed by atoms with Gasteiger partial charge in [0.05, 0.1) is 0 Å². The molecule has 0 saturated heterocycles. The first-order valence-electron chi connectivity index (χ1n) is 5.58. The monoisotopic (exact) mass is 317 g/mol. The van der Waals surface area contributed by atoms with Gasteiger partial charge in [-0.25, -0.2) is 0 Å². The van der Waals surface area contributed by atoms with E-state index in [4.69, 9.17) is 11.6 Å². The lowest BCUT2D eigenvalue weighted by Gasteiger charge is -2.20. The Morgan fingerprint density at radius 2 is 2.12 bits per heavy atom. The molecular weight excluding hydrogens is 302 g/mol. The van der Waals surface area contributed by atoms with Gasteiger partial charge >= 0.3 is 0 Å². The summed E-state index contributed by atoms with van der Waals surface area (Å²) in [6, 6.07) is 5.68. The van der Waals surface area contributed by atoms with Crippen LogP contribution in [0.15, 0.2) is 22.7 Å². The van der Waals surface area contributed by atoms with Crippen molar-refractivity contribution >= 4 is 33.4 Å². The van der Waals surface area contributed by atoms with Gasteiger partial charge < -0.3 is 5.32 Å². The quantitative estimate of drug-likeness (QED) is 0.842. The van der Waals surface area contributed by atoms with Crippen LogP contribution in [0.4, 0.5) is 0 Å². The summed E-state index contributed by atoms with van der Waals surface area (Å²) in [6.45, 7) is 6.01. The Labute approximate surface area is 116 Å². The summed E-state index contributed by atoms with van der Waals surface area (Å²) in [4.78, 5) is 12.1. The standard InChI is InChI=1S/C13H17BrClNO/c1-8(2)12(7-15)16-13(17)11-6-10(14)5-4-9(11)3/h4-6,8,12H,7H2,1-3H3,(H,16,17). The fourth-order valence-corrected chi connectivity index (χ4v) is 2.26. The zero-order valence-electron chi connectivity index (χ0n) is 10.3. The fraction of sp³-hybridized carbons (Fsp3) is 0.462. The van der Waals surface area contributed by atoms with E-state index in [0.717, 1.165) is 10.0 Å². The van der Waals surface area contributed by atoms with Crippen LogP contribution in [0, 0.1) is 12.8 Å². The van der Waals surface area contributed by atoms with Crippen molar-refractivity contribution < 1.29 is 4.79 Å². The smallest absolute Gasteiger partial charge is 0.251 e. The van der Waals surface area contributed by atoms with Crippen molar-refractivity contribution in [2.75, 3.05) is 5.88 Å².